The lowest BCUT2D eigenvalue weighted by Crippen LogP contribution is -2.44. The molecule has 0 aliphatic heterocycles. The van der Waals surface area contributed by atoms with E-state index in [1.54, 1.807) is 24.3 Å². The third-order valence-corrected chi connectivity index (χ3v) is 4.00. The van der Waals surface area contributed by atoms with Crippen LogP contribution in [0.1, 0.15) is 16.1 Å². The van der Waals surface area contributed by atoms with Crippen LogP contribution in [0.5, 0.6) is 0 Å². The molecule has 9 nitrogen and oxygen atoms in total. The van der Waals surface area contributed by atoms with E-state index in [9.17, 15) is 19.5 Å². The van der Waals surface area contributed by atoms with E-state index in [0.29, 0.717) is 16.3 Å². The summed E-state index contributed by atoms with van der Waals surface area (Å²) in [5.41, 5.74) is 0.181. The SMILES string of the molecule is O=C(NC(Cc1cnc[nH]1)C(=O)O)c1cnc(-c2ccc(Cl)cc2)[nH]c1=O. The average Bonchev–Trinajstić information content (AvgIpc) is 3.14. The smallest absolute Gasteiger partial charge is 0.326 e. The van der Waals surface area contributed by atoms with Gasteiger partial charge in [-0.2, -0.15) is 0 Å². The summed E-state index contributed by atoms with van der Waals surface area (Å²) in [6.07, 6.45) is 3.96. The second-order valence-electron chi connectivity index (χ2n) is 5.63. The van der Waals surface area contributed by atoms with Crippen molar-refractivity contribution in [3.63, 3.8) is 0 Å². The molecule has 27 heavy (non-hydrogen) atoms. The van der Waals surface area contributed by atoms with Crippen LogP contribution in [0, 0.1) is 0 Å². The molecule has 0 spiro atoms. The number of carboxylic acids is 1. The van der Waals surface area contributed by atoms with Crippen molar-refractivity contribution >= 4 is 23.5 Å². The fourth-order valence-electron chi connectivity index (χ4n) is 2.36. The number of aliphatic carboxylic acids is 1. The van der Waals surface area contributed by atoms with Crippen molar-refractivity contribution in [2.45, 2.75) is 12.5 Å². The minimum Gasteiger partial charge on any atom is -0.480 e. The number of amides is 1. The summed E-state index contributed by atoms with van der Waals surface area (Å²) in [4.78, 5) is 49.1. The molecule has 0 aliphatic carbocycles. The zero-order chi connectivity index (χ0) is 19.4. The van der Waals surface area contributed by atoms with E-state index >= 15 is 0 Å². The highest BCUT2D eigenvalue weighted by atomic mass is 35.5. The molecular weight excluding hydrogens is 374 g/mol. The molecule has 0 aliphatic rings. The van der Waals surface area contributed by atoms with Gasteiger partial charge in [-0.15, -0.1) is 0 Å². The minimum absolute atomic E-state index is 0.00470. The number of imidazole rings is 1. The number of hydrogen-bond donors (Lipinski definition) is 4. The summed E-state index contributed by atoms with van der Waals surface area (Å²) in [6.45, 7) is 0. The zero-order valence-corrected chi connectivity index (χ0v) is 14.5. The lowest BCUT2D eigenvalue weighted by Gasteiger charge is -2.13. The second kappa shape index (κ2) is 7.83. The Morgan fingerprint density at radius 2 is 1.96 bits per heavy atom. The van der Waals surface area contributed by atoms with Crippen LogP contribution in [0.2, 0.25) is 5.02 Å². The molecule has 1 amide bonds. The number of nitrogens with one attached hydrogen (secondary N) is 3. The number of aromatic nitrogens is 4. The molecule has 1 unspecified atom stereocenters. The second-order valence-corrected chi connectivity index (χ2v) is 6.06. The first kappa shape index (κ1) is 18.3. The van der Waals surface area contributed by atoms with Crippen molar-refractivity contribution in [3.05, 3.63) is 69.6 Å². The first-order valence-electron chi connectivity index (χ1n) is 7.80. The Bertz CT molecular complexity index is 1010. The molecule has 3 rings (SSSR count). The standard InChI is InChI=1S/C17H14ClN5O4/c18-10-3-1-9(2-4-10)14-20-7-12(16(25)23-14)15(24)22-13(17(26)27)5-11-6-19-8-21-11/h1-4,6-8,13H,5H2,(H,19,21)(H,22,24)(H,26,27)(H,20,23,25). The Morgan fingerprint density at radius 3 is 2.56 bits per heavy atom. The molecule has 2 heterocycles. The van der Waals surface area contributed by atoms with E-state index in [1.807, 2.05) is 0 Å². The summed E-state index contributed by atoms with van der Waals surface area (Å²) in [5, 5.41) is 12.1. The summed E-state index contributed by atoms with van der Waals surface area (Å²) >= 11 is 5.82. The van der Waals surface area contributed by atoms with Gasteiger partial charge >= 0.3 is 5.97 Å². The highest BCUT2D eigenvalue weighted by Crippen LogP contribution is 2.16. The van der Waals surface area contributed by atoms with E-state index < -0.39 is 23.5 Å². The van der Waals surface area contributed by atoms with Crippen LogP contribution < -0.4 is 10.9 Å². The van der Waals surface area contributed by atoms with Crippen LogP contribution >= 0.6 is 11.6 Å². The molecule has 0 radical (unpaired) electrons. The fourth-order valence-corrected chi connectivity index (χ4v) is 2.49. The molecule has 10 heteroatoms. The fraction of sp³-hybridized carbons (Fsp3) is 0.118. The molecule has 0 saturated heterocycles. The maximum absolute atomic E-state index is 12.3. The third-order valence-electron chi connectivity index (χ3n) is 3.74. The Morgan fingerprint density at radius 1 is 1.22 bits per heavy atom. The van der Waals surface area contributed by atoms with Crippen molar-refractivity contribution < 1.29 is 14.7 Å². The molecule has 0 fully saturated rings. The van der Waals surface area contributed by atoms with Gasteiger partial charge in [0.2, 0.25) is 0 Å². The van der Waals surface area contributed by atoms with Gasteiger partial charge in [0.05, 0.1) is 6.33 Å². The van der Waals surface area contributed by atoms with Gasteiger partial charge in [-0.25, -0.2) is 14.8 Å². The van der Waals surface area contributed by atoms with Crippen molar-refractivity contribution in [2.24, 2.45) is 0 Å². The average molecular weight is 388 g/mol. The van der Waals surface area contributed by atoms with Gasteiger partial charge in [-0.05, 0) is 24.3 Å². The van der Waals surface area contributed by atoms with Gasteiger partial charge in [0.25, 0.3) is 11.5 Å². The molecular formula is C17H14ClN5O4. The predicted octanol–water partition coefficient (Wildman–Crippen LogP) is 1.24. The molecule has 2 aromatic heterocycles. The Kier molecular flexibility index (Phi) is 5.32. The van der Waals surface area contributed by atoms with Crippen molar-refractivity contribution in [1.29, 1.82) is 0 Å². The molecule has 1 atom stereocenters. The number of halogens is 1. The van der Waals surface area contributed by atoms with Gasteiger partial charge in [0.1, 0.15) is 17.4 Å². The monoisotopic (exact) mass is 387 g/mol. The van der Waals surface area contributed by atoms with Gasteiger partial charge in [-0.1, -0.05) is 11.6 Å². The van der Waals surface area contributed by atoms with Gasteiger partial charge < -0.3 is 20.4 Å². The highest BCUT2D eigenvalue weighted by molar-refractivity contribution is 6.30. The lowest BCUT2D eigenvalue weighted by atomic mass is 10.1. The van der Waals surface area contributed by atoms with E-state index in [-0.39, 0.29) is 17.8 Å². The van der Waals surface area contributed by atoms with E-state index in [4.69, 9.17) is 11.6 Å². The van der Waals surface area contributed by atoms with Crippen LogP contribution in [0.15, 0.2) is 47.8 Å². The van der Waals surface area contributed by atoms with Crippen molar-refractivity contribution in [3.8, 4) is 11.4 Å². The molecule has 138 valence electrons. The molecule has 0 saturated carbocycles. The largest absolute Gasteiger partial charge is 0.480 e. The molecule has 4 N–H and O–H groups in total. The lowest BCUT2D eigenvalue weighted by molar-refractivity contribution is -0.139. The maximum atomic E-state index is 12.3. The Balaban J connectivity index is 1.78. The number of carbonyl (C=O) groups is 2. The van der Waals surface area contributed by atoms with Crippen LogP contribution in [0.25, 0.3) is 11.4 Å². The summed E-state index contributed by atoms with van der Waals surface area (Å²) < 4.78 is 0. The molecule has 3 aromatic rings. The highest BCUT2D eigenvalue weighted by Gasteiger charge is 2.23. The normalized spacial score (nSPS) is 11.7. The summed E-state index contributed by atoms with van der Waals surface area (Å²) in [7, 11) is 0. The van der Waals surface area contributed by atoms with Gasteiger partial charge in [-0.3, -0.25) is 9.59 Å². The number of benzene rings is 1. The van der Waals surface area contributed by atoms with Crippen molar-refractivity contribution in [2.75, 3.05) is 0 Å². The summed E-state index contributed by atoms with van der Waals surface area (Å²) in [5.74, 6) is -1.81. The van der Waals surface area contributed by atoms with E-state index in [2.05, 4.69) is 25.3 Å². The van der Waals surface area contributed by atoms with Crippen LogP contribution in [0.3, 0.4) is 0 Å². The van der Waals surface area contributed by atoms with Crippen LogP contribution in [-0.4, -0.2) is 43.0 Å². The number of hydrogen-bond acceptors (Lipinski definition) is 5. The molecule has 0 bridgehead atoms. The topological polar surface area (TPSA) is 141 Å². The predicted molar refractivity (Wildman–Crippen MR) is 96.5 cm³/mol. The van der Waals surface area contributed by atoms with Crippen LogP contribution in [-0.2, 0) is 11.2 Å². The van der Waals surface area contributed by atoms with Crippen LogP contribution in [0.4, 0.5) is 0 Å². The van der Waals surface area contributed by atoms with E-state index in [1.165, 1.54) is 12.5 Å². The number of nitrogens with zero attached hydrogens (tertiary/aromatic N) is 2. The Hall–Kier alpha value is -3.46. The minimum atomic E-state index is -1.24. The molecule has 1 aromatic carbocycles. The number of H-pyrrole nitrogens is 2. The number of aromatic amines is 2. The maximum Gasteiger partial charge on any atom is 0.326 e. The van der Waals surface area contributed by atoms with Gasteiger partial charge in [0, 0.05) is 35.1 Å². The zero-order valence-electron chi connectivity index (χ0n) is 13.8. The van der Waals surface area contributed by atoms with Crippen molar-refractivity contribution in [1.82, 2.24) is 25.3 Å². The first-order valence-corrected chi connectivity index (χ1v) is 8.18. The number of carbonyl (C=O) groups excluding carboxylic acids is 1. The quantitative estimate of drug-likeness (QED) is 0.501. The van der Waals surface area contributed by atoms with E-state index in [0.717, 1.165) is 6.20 Å². The third kappa shape index (κ3) is 4.39. The number of rotatable bonds is 6. The first-order chi connectivity index (χ1) is 12.9. The summed E-state index contributed by atoms with van der Waals surface area (Å²) in [6, 6.07) is 5.40. The number of carboxylic acid groups (broad SMARTS) is 1. The van der Waals surface area contributed by atoms with Gasteiger partial charge in [0.15, 0.2) is 0 Å². The Labute approximate surface area is 157 Å².